The van der Waals surface area contributed by atoms with E-state index in [2.05, 4.69) is 27.4 Å². The van der Waals surface area contributed by atoms with Gasteiger partial charge in [0.2, 0.25) is 0 Å². The van der Waals surface area contributed by atoms with Gasteiger partial charge in [0.15, 0.2) is 11.7 Å². The van der Waals surface area contributed by atoms with Crippen molar-refractivity contribution in [1.82, 2.24) is 10.2 Å². The molecule has 0 aliphatic carbocycles. The van der Waals surface area contributed by atoms with Crippen molar-refractivity contribution < 1.29 is 9.21 Å². The molecular weight excluding hydrogens is 316 g/mol. The summed E-state index contributed by atoms with van der Waals surface area (Å²) in [4.78, 5) is 18.5. The molecule has 0 unspecified atom stereocenters. The van der Waals surface area contributed by atoms with Crippen molar-refractivity contribution >= 4 is 17.6 Å². The molecule has 1 aromatic heterocycles. The van der Waals surface area contributed by atoms with E-state index in [0.29, 0.717) is 12.3 Å². The highest BCUT2D eigenvalue weighted by atomic mass is 16.3. The zero-order chi connectivity index (χ0) is 18.1. The van der Waals surface area contributed by atoms with E-state index in [-0.39, 0.29) is 5.91 Å². The van der Waals surface area contributed by atoms with Crippen molar-refractivity contribution in [2.45, 2.75) is 26.3 Å². The predicted octanol–water partition coefficient (Wildman–Crippen LogP) is 3.34. The number of hydrogen-bond donors (Lipinski definition) is 2. The lowest BCUT2D eigenvalue weighted by Crippen LogP contribution is -2.38. The standard InChI is InChI=1S/C19H26N4O2/c1-4-5-11-23(3)19(20-2)21-14-15-8-6-9-16(13-15)22-18(24)17-10-7-12-25-17/h6-10,12-13H,4-5,11,14H2,1-3H3,(H,20,21)(H,22,24). The molecule has 0 aliphatic heterocycles. The summed E-state index contributed by atoms with van der Waals surface area (Å²) in [5.74, 6) is 0.894. The lowest BCUT2D eigenvalue weighted by atomic mass is 10.2. The van der Waals surface area contributed by atoms with Gasteiger partial charge in [0, 0.05) is 32.9 Å². The van der Waals surface area contributed by atoms with Gasteiger partial charge in [-0.25, -0.2) is 0 Å². The van der Waals surface area contributed by atoms with Crippen LogP contribution in [0.1, 0.15) is 35.9 Å². The number of guanidine groups is 1. The van der Waals surface area contributed by atoms with Gasteiger partial charge in [-0.05, 0) is 36.2 Å². The van der Waals surface area contributed by atoms with Gasteiger partial charge in [-0.1, -0.05) is 25.5 Å². The normalized spacial score (nSPS) is 11.2. The molecule has 25 heavy (non-hydrogen) atoms. The Morgan fingerprint density at radius 2 is 2.12 bits per heavy atom. The molecule has 2 rings (SSSR count). The molecule has 0 atom stereocenters. The van der Waals surface area contributed by atoms with E-state index >= 15 is 0 Å². The van der Waals surface area contributed by atoms with Crippen LogP contribution >= 0.6 is 0 Å². The van der Waals surface area contributed by atoms with Crippen LogP contribution in [0.2, 0.25) is 0 Å². The molecule has 0 spiro atoms. The van der Waals surface area contributed by atoms with Crippen LogP contribution in [0.4, 0.5) is 5.69 Å². The second-order valence-electron chi connectivity index (χ2n) is 5.81. The number of aliphatic imine (C=N–C) groups is 1. The number of rotatable bonds is 7. The summed E-state index contributed by atoms with van der Waals surface area (Å²) in [7, 11) is 3.82. The molecule has 6 heteroatoms. The summed E-state index contributed by atoms with van der Waals surface area (Å²) in [6.45, 7) is 3.77. The molecule has 0 saturated carbocycles. The minimum atomic E-state index is -0.259. The number of nitrogens with one attached hydrogen (secondary N) is 2. The van der Waals surface area contributed by atoms with Crippen molar-refractivity contribution in [1.29, 1.82) is 0 Å². The third kappa shape index (κ3) is 5.67. The Hall–Kier alpha value is -2.76. The smallest absolute Gasteiger partial charge is 0.291 e. The van der Waals surface area contributed by atoms with Crippen LogP contribution in [-0.4, -0.2) is 37.4 Å². The van der Waals surface area contributed by atoms with E-state index in [9.17, 15) is 4.79 Å². The Bertz CT molecular complexity index is 695. The first-order chi connectivity index (χ1) is 12.1. The summed E-state index contributed by atoms with van der Waals surface area (Å²) in [6.07, 6.45) is 3.76. The fraction of sp³-hybridized carbons (Fsp3) is 0.368. The predicted molar refractivity (Wildman–Crippen MR) is 101 cm³/mol. The maximum Gasteiger partial charge on any atom is 0.291 e. The zero-order valence-electron chi connectivity index (χ0n) is 15.1. The first-order valence-electron chi connectivity index (χ1n) is 8.49. The summed E-state index contributed by atoms with van der Waals surface area (Å²) in [6, 6.07) is 11.0. The van der Waals surface area contributed by atoms with Crippen molar-refractivity contribution in [3.05, 3.63) is 54.0 Å². The Kier molecular flexibility index (Phi) is 7.07. The van der Waals surface area contributed by atoms with E-state index in [1.165, 1.54) is 6.26 Å². The molecule has 134 valence electrons. The molecule has 6 nitrogen and oxygen atoms in total. The zero-order valence-corrected chi connectivity index (χ0v) is 15.1. The van der Waals surface area contributed by atoms with Gasteiger partial charge in [0.25, 0.3) is 5.91 Å². The highest BCUT2D eigenvalue weighted by Gasteiger charge is 2.09. The van der Waals surface area contributed by atoms with E-state index in [0.717, 1.165) is 36.6 Å². The average molecular weight is 342 g/mol. The van der Waals surface area contributed by atoms with Gasteiger partial charge in [-0.3, -0.25) is 9.79 Å². The van der Waals surface area contributed by atoms with Crippen LogP contribution in [0, 0.1) is 0 Å². The Labute approximate surface area is 148 Å². The molecule has 0 fully saturated rings. The molecule has 0 aliphatic rings. The lowest BCUT2D eigenvalue weighted by Gasteiger charge is -2.22. The van der Waals surface area contributed by atoms with Crippen molar-refractivity contribution in [3.8, 4) is 0 Å². The molecule has 0 saturated heterocycles. The number of nitrogens with zero attached hydrogens (tertiary/aromatic N) is 2. The molecule has 0 bridgehead atoms. The van der Waals surface area contributed by atoms with E-state index in [4.69, 9.17) is 4.42 Å². The fourth-order valence-corrected chi connectivity index (χ4v) is 2.43. The number of furan rings is 1. The van der Waals surface area contributed by atoms with E-state index < -0.39 is 0 Å². The van der Waals surface area contributed by atoms with Crippen LogP contribution in [0.5, 0.6) is 0 Å². The lowest BCUT2D eigenvalue weighted by molar-refractivity contribution is 0.0996. The van der Waals surface area contributed by atoms with E-state index in [1.54, 1.807) is 19.2 Å². The second kappa shape index (κ2) is 9.52. The number of hydrogen-bond acceptors (Lipinski definition) is 3. The van der Waals surface area contributed by atoms with Crippen LogP contribution in [0.25, 0.3) is 0 Å². The van der Waals surface area contributed by atoms with Crippen LogP contribution in [0.3, 0.4) is 0 Å². The first-order valence-corrected chi connectivity index (χ1v) is 8.49. The number of unbranched alkanes of at least 4 members (excludes halogenated alkanes) is 1. The summed E-state index contributed by atoms with van der Waals surface area (Å²) >= 11 is 0. The van der Waals surface area contributed by atoms with Gasteiger partial charge in [-0.15, -0.1) is 0 Å². The van der Waals surface area contributed by atoms with Crippen molar-refractivity contribution in [2.75, 3.05) is 26.0 Å². The summed E-state index contributed by atoms with van der Waals surface area (Å²) in [5, 5.41) is 6.18. The Morgan fingerprint density at radius 3 is 2.80 bits per heavy atom. The Morgan fingerprint density at radius 1 is 1.28 bits per heavy atom. The highest BCUT2D eigenvalue weighted by molar-refractivity contribution is 6.02. The number of anilines is 1. The minimum Gasteiger partial charge on any atom is -0.459 e. The van der Waals surface area contributed by atoms with Crippen LogP contribution in [0.15, 0.2) is 52.1 Å². The number of benzene rings is 1. The molecule has 1 heterocycles. The van der Waals surface area contributed by atoms with Crippen molar-refractivity contribution in [3.63, 3.8) is 0 Å². The highest BCUT2D eigenvalue weighted by Crippen LogP contribution is 2.12. The van der Waals surface area contributed by atoms with E-state index in [1.807, 2.05) is 31.3 Å². The quantitative estimate of drug-likeness (QED) is 0.598. The maximum absolute atomic E-state index is 12.0. The summed E-state index contributed by atoms with van der Waals surface area (Å²) in [5.41, 5.74) is 1.79. The molecule has 1 amide bonds. The molecular formula is C19H26N4O2. The van der Waals surface area contributed by atoms with Gasteiger partial charge in [-0.2, -0.15) is 0 Å². The molecule has 2 aromatic rings. The molecule has 0 radical (unpaired) electrons. The van der Waals surface area contributed by atoms with Gasteiger partial charge >= 0.3 is 0 Å². The first kappa shape index (κ1) is 18.6. The topological polar surface area (TPSA) is 69.9 Å². The Balaban J connectivity index is 1.93. The third-order valence-corrected chi connectivity index (χ3v) is 3.80. The van der Waals surface area contributed by atoms with Gasteiger partial charge in [0.05, 0.1) is 6.26 Å². The summed E-state index contributed by atoms with van der Waals surface area (Å²) < 4.78 is 5.10. The second-order valence-corrected chi connectivity index (χ2v) is 5.81. The number of carbonyl (C=O) groups excluding carboxylic acids is 1. The van der Waals surface area contributed by atoms with Gasteiger partial charge < -0.3 is 20.0 Å². The largest absolute Gasteiger partial charge is 0.459 e. The van der Waals surface area contributed by atoms with Crippen molar-refractivity contribution in [2.24, 2.45) is 4.99 Å². The monoisotopic (exact) mass is 342 g/mol. The minimum absolute atomic E-state index is 0.259. The molecule has 2 N–H and O–H groups in total. The van der Waals surface area contributed by atoms with Crippen LogP contribution in [-0.2, 0) is 6.54 Å². The maximum atomic E-state index is 12.0. The SMILES string of the molecule is CCCCN(C)C(=NC)NCc1cccc(NC(=O)c2ccco2)c1. The fourth-order valence-electron chi connectivity index (χ4n) is 2.43. The number of amides is 1. The average Bonchev–Trinajstić information content (AvgIpc) is 3.15. The van der Waals surface area contributed by atoms with Crippen LogP contribution < -0.4 is 10.6 Å². The third-order valence-electron chi connectivity index (χ3n) is 3.80. The van der Waals surface area contributed by atoms with Gasteiger partial charge in [0.1, 0.15) is 0 Å². The number of carbonyl (C=O) groups is 1. The molecule has 1 aromatic carbocycles.